The van der Waals surface area contributed by atoms with Crippen molar-refractivity contribution in [1.82, 2.24) is 9.99 Å². The number of nitrogens with two attached hydrogens (primary N) is 1. The van der Waals surface area contributed by atoms with E-state index in [0.717, 1.165) is 16.7 Å². The minimum Gasteiger partial charge on any atom is -0.311 e. The summed E-state index contributed by atoms with van der Waals surface area (Å²) in [4.78, 5) is 22.9. The van der Waals surface area contributed by atoms with Crippen LogP contribution in [0.5, 0.6) is 0 Å². The monoisotopic (exact) mass is 271 g/mol. The van der Waals surface area contributed by atoms with Crippen LogP contribution in [0.15, 0.2) is 47.4 Å². The van der Waals surface area contributed by atoms with Gasteiger partial charge in [0.25, 0.3) is 5.56 Å². The van der Waals surface area contributed by atoms with E-state index in [1.807, 2.05) is 37.3 Å². The molecular formula is C15H17N3O2. The molecule has 1 aromatic carbocycles. The summed E-state index contributed by atoms with van der Waals surface area (Å²) in [6.45, 7) is 2.41. The summed E-state index contributed by atoms with van der Waals surface area (Å²) in [5.41, 5.74) is 4.92. The molecule has 0 aliphatic carbocycles. The minimum absolute atomic E-state index is 0.0170. The van der Waals surface area contributed by atoms with Gasteiger partial charge in [-0.25, -0.2) is 5.84 Å². The highest BCUT2D eigenvalue weighted by molar-refractivity contribution is 5.77. The van der Waals surface area contributed by atoms with Gasteiger partial charge in [0, 0.05) is 12.3 Å². The first-order valence-electron chi connectivity index (χ1n) is 6.33. The number of benzene rings is 1. The van der Waals surface area contributed by atoms with Crippen LogP contribution in [-0.2, 0) is 17.8 Å². The molecule has 1 aromatic heterocycles. The third kappa shape index (κ3) is 3.55. The number of pyridine rings is 1. The van der Waals surface area contributed by atoms with E-state index in [4.69, 9.17) is 5.84 Å². The minimum atomic E-state index is -0.229. The summed E-state index contributed by atoms with van der Waals surface area (Å²) < 4.78 is 1.65. The van der Waals surface area contributed by atoms with Gasteiger partial charge < -0.3 is 4.57 Å². The number of carbonyl (C=O) groups excluding carboxylic acids is 1. The molecule has 0 unspecified atom stereocenters. The molecule has 0 atom stereocenters. The highest BCUT2D eigenvalue weighted by atomic mass is 16.2. The maximum Gasteiger partial charge on any atom is 0.251 e. The quantitative estimate of drug-likeness (QED) is 0.489. The third-order valence-corrected chi connectivity index (χ3v) is 3.05. The van der Waals surface area contributed by atoms with Crippen LogP contribution < -0.4 is 16.8 Å². The van der Waals surface area contributed by atoms with Gasteiger partial charge in [0.05, 0.1) is 13.0 Å². The van der Waals surface area contributed by atoms with Gasteiger partial charge in [0.15, 0.2) is 0 Å². The molecular weight excluding hydrogens is 254 g/mol. The SMILES string of the molecule is Cc1ccn(Cc2ccc(CC(=O)NN)cc2)c(=O)c1. The molecule has 0 saturated heterocycles. The summed E-state index contributed by atoms with van der Waals surface area (Å²) in [5.74, 6) is 4.81. The van der Waals surface area contributed by atoms with Crippen molar-refractivity contribution in [1.29, 1.82) is 0 Å². The molecule has 0 radical (unpaired) electrons. The number of nitrogens with zero attached hydrogens (tertiary/aromatic N) is 1. The van der Waals surface area contributed by atoms with Crippen LogP contribution >= 0.6 is 0 Å². The summed E-state index contributed by atoms with van der Waals surface area (Å²) in [5, 5.41) is 0. The van der Waals surface area contributed by atoms with Gasteiger partial charge in [0.1, 0.15) is 0 Å². The van der Waals surface area contributed by atoms with E-state index in [-0.39, 0.29) is 17.9 Å². The fourth-order valence-corrected chi connectivity index (χ4v) is 1.93. The maximum absolute atomic E-state index is 11.8. The lowest BCUT2D eigenvalue weighted by Crippen LogP contribution is -2.31. The highest BCUT2D eigenvalue weighted by Crippen LogP contribution is 2.06. The number of aromatic nitrogens is 1. The van der Waals surface area contributed by atoms with Crippen molar-refractivity contribution in [3.8, 4) is 0 Å². The van der Waals surface area contributed by atoms with Crippen LogP contribution in [-0.4, -0.2) is 10.5 Å². The van der Waals surface area contributed by atoms with Gasteiger partial charge in [-0.1, -0.05) is 24.3 Å². The number of hydrogen-bond donors (Lipinski definition) is 2. The zero-order valence-electron chi connectivity index (χ0n) is 11.3. The Balaban J connectivity index is 2.10. The number of rotatable bonds is 4. The van der Waals surface area contributed by atoms with E-state index >= 15 is 0 Å². The fraction of sp³-hybridized carbons (Fsp3) is 0.200. The number of amides is 1. The molecule has 0 spiro atoms. The first kappa shape index (κ1) is 14.0. The molecule has 0 aliphatic heterocycles. The maximum atomic E-state index is 11.8. The molecule has 0 fully saturated rings. The zero-order valence-corrected chi connectivity index (χ0v) is 11.3. The van der Waals surface area contributed by atoms with Crippen molar-refractivity contribution >= 4 is 5.91 Å². The van der Waals surface area contributed by atoms with Crippen LogP contribution in [0.4, 0.5) is 0 Å². The Hall–Kier alpha value is -2.40. The lowest BCUT2D eigenvalue weighted by Gasteiger charge is -2.07. The summed E-state index contributed by atoms with van der Waals surface area (Å²) >= 11 is 0. The smallest absolute Gasteiger partial charge is 0.251 e. The standard InChI is InChI=1S/C15H17N3O2/c1-11-6-7-18(15(20)8-11)10-13-4-2-12(3-5-13)9-14(19)17-16/h2-8H,9-10,16H2,1H3,(H,17,19). The van der Waals surface area contributed by atoms with Gasteiger partial charge in [0.2, 0.25) is 5.91 Å². The Morgan fingerprint density at radius 3 is 2.45 bits per heavy atom. The van der Waals surface area contributed by atoms with Crippen molar-refractivity contribution in [3.63, 3.8) is 0 Å². The molecule has 104 valence electrons. The third-order valence-electron chi connectivity index (χ3n) is 3.05. The summed E-state index contributed by atoms with van der Waals surface area (Å²) in [6.07, 6.45) is 2.04. The van der Waals surface area contributed by atoms with Crippen LogP contribution in [0.25, 0.3) is 0 Å². The summed E-state index contributed by atoms with van der Waals surface area (Å²) in [6, 6.07) is 11.1. The normalized spacial score (nSPS) is 10.3. The molecule has 2 rings (SSSR count). The predicted octanol–water partition coefficient (Wildman–Crippen LogP) is 0.737. The second-order valence-electron chi connectivity index (χ2n) is 4.73. The van der Waals surface area contributed by atoms with Crippen LogP contribution in [0, 0.1) is 6.92 Å². The van der Waals surface area contributed by atoms with E-state index in [1.165, 1.54) is 0 Å². The molecule has 0 saturated carbocycles. The molecule has 2 aromatic rings. The van der Waals surface area contributed by atoms with E-state index in [9.17, 15) is 9.59 Å². The van der Waals surface area contributed by atoms with E-state index in [2.05, 4.69) is 5.43 Å². The molecule has 0 aliphatic rings. The molecule has 20 heavy (non-hydrogen) atoms. The molecule has 5 nitrogen and oxygen atoms in total. The Bertz CT molecular complexity index is 660. The number of nitrogens with one attached hydrogen (secondary N) is 1. The van der Waals surface area contributed by atoms with Crippen LogP contribution in [0.2, 0.25) is 0 Å². The Kier molecular flexibility index (Phi) is 4.32. The number of hydrogen-bond acceptors (Lipinski definition) is 3. The molecule has 3 N–H and O–H groups in total. The van der Waals surface area contributed by atoms with Gasteiger partial charge in [-0.3, -0.25) is 15.0 Å². The molecule has 1 amide bonds. The van der Waals surface area contributed by atoms with Crippen molar-refractivity contribution in [2.75, 3.05) is 0 Å². The Labute approximate surface area is 117 Å². The van der Waals surface area contributed by atoms with Gasteiger partial charge in [-0.2, -0.15) is 0 Å². The number of hydrazine groups is 1. The van der Waals surface area contributed by atoms with E-state index in [0.29, 0.717) is 6.54 Å². The average molecular weight is 271 g/mol. The fourth-order valence-electron chi connectivity index (χ4n) is 1.93. The lowest BCUT2D eigenvalue weighted by atomic mass is 10.1. The zero-order chi connectivity index (χ0) is 14.5. The molecule has 1 heterocycles. The topological polar surface area (TPSA) is 77.1 Å². The molecule has 5 heteroatoms. The molecule has 0 bridgehead atoms. The Morgan fingerprint density at radius 1 is 1.20 bits per heavy atom. The number of aryl methyl sites for hydroxylation is 1. The van der Waals surface area contributed by atoms with E-state index in [1.54, 1.807) is 16.8 Å². The first-order chi connectivity index (χ1) is 9.58. The van der Waals surface area contributed by atoms with Crippen molar-refractivity contribution < 1.29 is 4.79 Å². The van der Waals surface area contributed by atoms with Crippen molar-refractivity contribution in [2.24, 2.45) is 5.84 Å². The van der Waals surface area contributed by atoms with Gasteiger partial charge in [-0.05, 0) is 29.7 Å². The highest BCUT2D eigenvalue weighted by Gasteiger charge is 2.02. The first-order valence-corrected chi connectivity index (χ1v) is 6.33. The predicted molar refractivity (Wildman–Crippen MR) is 77.0 cm³/mol. The van der Waals surface area contributed by atoms with Gasteiger partial charge in [-0.15, -0.1) is 0 Å². The van der Waals surface area contributed by atoms with Gasteiger partial charge >= 0.3 is 0 Å². The second-order valence-corrected chi connectivity index (χ2v) is 4.73. The second kappa shape index (κ2) is 6.16. The van der Waals surface area contributed by atoms with Crippen molar-refractivity contribution in [3.05, 3.63) is 69.6 Å². The number of carbonyl (C=O) groups is 1. The average Bonchev–Trinajstić information content (AvgIpc) is 2.44. The van der Waals surface area contributed by atoms with Crippen molar-refractivity contribution in [2.45, 2.75) is 19.9 Å². The lowest BCUT2D eigenvalue weighted by molar-refractivity contribution is -0.120. The van der Waals surface area contributed by atoms with E-state index < -0.39 is 0 Å². The Morgan fingerprint density at radius 2 is 1.85 bits per heavy atom. The van der Waals surface area contributed by atoms with Crippen LogP contribution in [0.3, 0.4) is 0 Å². The summed E-state index contributed by atoms with van der Waals surface area (Å²) in [7, 11) is 0. The largest absolute Gasteiger partial charge is 0.311 e. The van der Waals surface area contributed by atoms with Crippen LogP contribution in [0.1, 0.15) is 16.7 Å².